The molecule has 0 aliphatic rings. The number of aryl methyl sites for hydroxylation is 1. The summed E-state index contributed by atoms with van der Waals surface area (Å²) in [5, 5.41) is 8.41. The lowest BCUT2D eigenvalue weighted by atomic mass is 10.0. The van der Waals surface area contributed by atoms with Crippen molar-refractivity contribution in [2.24, 2.45) is 5.73 Å². The van der Waals surface area contributed by atoms with Gasteiger partial charge in [-0.15, -0.1) is 0 Å². The Labute approximate surface area is 124 Å². The lowest BCUT2D eigenvalue weighted by Crippen LogP contribution is -2.13. The van der Waals surface area contributed by atoms with E-state index in [9.17, 15) is 0 Å². The van der Waals surface area contributed by atoms with Crippen LogP contribution in [0.15, 0.2) is 46.3 Å². The second kappa shape index (κ2) is 6.09. The number of nitrogens with one attached hydrogen (secondary N) is 1. The van der Waals surface area contributed by atoms with Crippen LogP contribution in [0.1, 0.15) is 36.6 Å². The predicted octanol–water partition coefficient (Wildman–Crippen LogP) is 3.95. The number of benzene rings is 1. The fourth-order valence-electron chi connectivity index (χ4n) is 1.85. The first-order valence-electron chi connectivity index (χ1n) is 6.57. The Morgan fingerprint density at radius 1 is 1.15 bits per heavy atom. The summed E-state index contributed by atoms with van der Waals surface area (Å²) in [5.41, 5.74) is 8.55. The van der Waals surface area contributed by atoms with E-state index in [2.05, 4.69) is 43.1 Å². The van der Waals surface area contributed by atoms with Gasteiger partial charge < -0.3 is 5.73 Å². The number of rotatable bonds is 4. The van der Waals surface area contributed by atoms with Crippen LogP contribution >= 0.6 is 11.8 Å². The standard InChI is InChI=1S/C16H19N3S/c1-10(2)12-5-7-13(8-6-12)20-16-14(15(17)18)9-4-11(3)19-16/h4-10H,1-3H3,(H3,17,18). The summed E-state index contributed by atoms with van der Waals surface area (Å²) in [4.78, 5) is 5.60. The maximum absolute atomic E-state index is 7.63. The Morgan fingerprint density at radius 2 is 1.80 bits per heavy atom. The monoisotopic (exact) mass is 285 g/mol. The number of nitrogen functional groups attached to an aromatic ring is 1. The molecule has 3 N–H and O–H groups in total. The van der Waals surface area contributed by atoms with Gasteiger partial charge in [0, 0.05) is 16.2 Å². The first-order valence-corrected chi connectivity index (χ1v) is 7.39. The molecular weight excluding hydrogens is 266 g/mol. The molecular formula is C16H19N3S. The van der Waals surface area contributed by atoms with Gasteiger partial charge in [0.05, 0.1) is 0 Å². The third-order valence-electron chi connectivity index (χ3n) is 3.05. The third-order valence-corrected chi connectivity index (χ3v) is 4.06. The van der Waals surface area contributed by atoms with Crippen molar-refractivity contribution < 1.29 is 0 Å². The molecule has 0 aliphatic heterocycles. The normalized spacial score (nSPS) is 10.8. The molecule has 4 heteroatoms. The molecule has 104 valence electrons. The van der Waals surface area contributed by atoms with Gasteiger partial charge in [0.15, 0.2) is 0 Å². The molecule has 0 fully saturated rings. The van der Waals surface area contributed by atoms with Crippen LogP contribution in [0.4, 0.5) is 0 Å². The quantitative estimate of drug-likeness (QED) is 0.660. The summed E-state index contributed by atoms with van der Waals surface area (Å²) >= 11 is 1.55. The highest BCUT2D eigenvalue weighted by molar-refractivity contribution is 7.99. The van der Waals surface area contributed by atoms with E-state index in [0.717, 1.165) is 15.6 Å². The molecule has 0 saturated carbocycles. The lowest BCUT2D eigenvalue weighted by molar-refractivity contribution is 0.865. The van der Waals surface area contributed by atoms with Gasteiger partial charge in [0.25, 0.3) is 0 Å². The smallest absolute Gasteiger partial charge is 0.125 e. The topological polar surface area (TPSA) is 62.8 Å². The van der Waals surface area contributed by atoms with Crippen molar-refractivity contribution >= 4 is 17.6 Å². The summed E-state index contributed by atoms with van der Waals surface area (Å²) in [6.45, 7) is 6.30. The van der Waals surface area contributed by atoms with Crippen LogP contribution in [0, 0.1) is 12.3 Å². The minimum atomic E-state index is 0.0544. The molecule has 0 aliphatic carbocycles. The Balaban J connectivity index is 2.29. The van der Waals surface area contributed by atoms with E-state index in [0.29, 0.717) is 11.5 Å². The number of amidine groups is 1. The van der Waals surface area contributed by atoms with Crippen LogP contribution in [0.3, 0.4) is 0 Å². The highest BCUT2D eigenvalue weighted by Crippen LogP contribution is 2.30. The predicted molar refractivity (Wildman–Crippen MR) is 84.6 cm³/mol. The molecule has 0 bridgehead atoms. The Morgan fingerprint density at radius 3 is 2.35 bits per heavy atom. The molecule has 1 heterocycles. The van der Waals surface area contributed by atoms with Gasteiger partial charge in [-0.05, 0) is 42.7 Å². The number of pyridine rings is 1. The summed E-state index contributed by atoms with van der Waals surface area (Å²) in [6, 6.07) is 12.2. The van der Waals surface area contributed by atoms with Gasteiger partial charge in [-0.3, -0.25) is 5.41 Å². The van der Waals surface area contributed by atoms with Gasteiger partial charge in [-0.1, -0.05) is 37.7 Å². The summed E-state index contributed by atoms with van der Waals surface area (Å²) in [7, 11) is 0. The summed E-state index contributed by atoms with van der Waals surface area (Å²) in [5.74, 6) is 0.581. The Hall–Kier alpha value is -1.81. The zero-order valence-electron chi connectivity index (χ0n) is 12.0. The first-order chi connectivity index (χ1) is 9.47. The molecule has 1 aromatic carbocycles. The highest BCUT2D eigenvalue weighted by atomic mass is 32.2. The molecule has 0 radical (unpaired) electrons. The van der Waals surface area contributed by atoms with Crippen molar-refractivity contribution in [3.05, 3.63) is 53.2 Å². The second-order valence-corrected chi connectivity index (χ2v) is 6.11. The van der Waals surface area contributed by atoms with Crippen LogP contribution in [-0.4, -0.2) is 10.8 Å². The zero-order valence-corrected chi connectivity index (χ0v) is 12.8. The van der Waals surface area contributed by atoms with E-state index in [1.54, 1.807) is 11.8 Å². The molecule has 0 unspecified atom stereocenters. The fraction of sp³-hybridized carbons (Fsp3) is 0.250. The van der Waals surface area contributed by atoms with E-state index in [1.165, 1.54) is 5.56 Å². The SMILES string of the molecule is Cc1ccc(C(=N)N)c(Sc2ccc(C(C)C)cc2)n1. The third kappa shape index (κ3) is 3.39. The van der Waals surface area contributed by atoms with Crippen LogP contribution in [-0.2, 0) is 0 Å². The molecule has 2 aromatic rings. The first kappa shape index (κ1) is 14.6. The van der Waals surface area contributed by atoms with Crippen LogP contribution < -0.4 is 5.73 Å². The van der Waals surface area contributed by atoms with Crippen LogP contribution in [0.5, 0.6) is 0 Å². The van der Waals surface area contributed by atoms with Crippen LogP contribution in [0.2, 0.25) is 0 Å². The Bertz CT molecular complexity index is 618. The molecule has 3 nitrogen and oxygen atoms in total. The number of hydrogen-bond donors (Lipinski definition) is 2. The lowest BCUT2D eigenvalue weighted by Gasteiger charge is -2.09. The molecule has 0 amide bonds. The van der Waals surface area contributed by atoms with E-state index in [1.807, 2.05) is 19.1 Å². The molecule has 1 aromatic heterocycles. The van der Waals surface area contributed by atoms with E-state index >= 15 is 0 Å². The van der Waals surface area contributed by atoms with Gasteiger partial charge in [-0.2, -0.15) is 0 Å². The maximum atomic E-state index is 7.63. The van der Waals surface area contributed by atoms with Gasteiger partial charge in [-0.25, -0.2) is 4.98 Å². The highest BCUT2D eigenvalue weighted by Gasteiger charge is 2.09. The number of hydrogen-bond acceptors (Lipinski definition) is 3. The number of aromatic nitrogens is 1. The van der Waals surface area contributed by atoms with Crippen molar-refractivity contribution in [3.8, 4) is 0 Å². The van der Waals surface area contributed by atoms with Crippen molar-refractivity contribution in [1.29, 1.82) is 5.41 Å². The van der Waals surface area contributed by atoms with Crippen molar-refractivity contribution in [3.63, 3.8) is 0 Å². The average molecular weight is 285 g/mol. The fourth-order valence-corrected chi connectivity index (χ4v) is 2.82. The average Bonchev–Trinajstić information content (AvgIpc) is 2.39. The largest absolute Gasteiger partial charge is 0.384 e. The van der Waals surface area contributed by atoms with Gasteiger partial charge in [0.1, 0.15) is 10.9 Å². The minimum Gasteiger partial charge on any atom is -0.384 e. The second-order valence-electron chi connectivity index (χ2n) is 5.04. The van der Waals surface area contributed by atoms with Crippen LogP contribution in [0.25, 0.3) is 0 Å². The molecule has 0 atom stereocenters. The number of nitrogens with two attached hydrogens (primary N) is 1. The molecule has 0 spiro atoms. The van der Waals surface area contributed by atoms with E-state index in [4.69, 9.17) is 11.1 Å². The van der Waals surface area contributed by atoms with Gasteiger partial charge >= 0.3 is 0 Å². The summed E-state index contributed by atoms with van der Waals surface area (Å²) < 4.78 is 0. The number of nitrogens with zero attached hydrogens (tertiary/aromatic N) is 1. The molecule has 2 rings (SSSR count). The van der Waals surface area contributed by atoms with E-state index < -0.39 is 0 Å². The maximum Gasteiger partial charge on any atom is 0.125 e. The zero-order chi connectivity index (χ0) is 14.7. The van der Waals surface area contributed by atoms with E-state index in [-0.39, 0.29) is 5.84 Å². The molecule has 0 saturated heterocycles. The van der Waals surface area contributed by atoms with Crippen molar-refractivity contribution in [2.75, 3.05) is 0 Å². The van der Waals surface area contributed by atoms with Crippen molar-refractivity contribution in [2.45, 2.75) is 36.6 Å². The summed E-state index contributed by atoms with van der Waals surface area (Å²) in [6.07, 6.45) is 0. The Kier molecular flexibility index (Phi) is 4.45. The molecule has 20 heavy (non-hydrogen) atoms. The van der Waals surface area contributed by atoms with Gasteiger partial charge in [0.2, 0.25) is 0 Å². The van der Waals surface area contributed by atoms with Crippen molar-refractivity contribution in [1.82, 2.24) is 4.98 Å². The minimum absolute atomic E-state index is 0.0544.